The van der Waals surface area contributed by atoms with Gasteiger partial charge >= 0.3 is 6.18 Å². The van der Waals surface area contributed by atoms with Crippen LogP contribution in [0.15, 0.2) is 23.1 Å². The minimum Gasteiger partial charge on any atom is -0.309 e. The summed E-state index contributed by atoms with van der Waals surface area (Å²) < 4.78 is 63.0. The summed E-state index contributed by atoms with van der Waals surface area (Å²) in [5.74, 6) is 1.30. The highest BCUT2D eigenvalue weighted by molar-refractivity contribution is 7.90. The number of nitrogens with one attached hydrogen (secondary N) is 1. The lowest BCUT2D eigenvalue weighted by Gasteiger charge is -2.56. The van der Waals surface area contributed by atoms with Crippen molar-refractivity contribution in [1.82, 2.24) is 5.32 Å². The van der Waals surface area contributed by atoms with E-state index in [2.05, 4.69) is 19.2 Å². The van der Waals surface area contributed by atoms with Gasteiger partial charge < -0.3 is 5.32 Å². The van der Waals surface area contributed by atoms with Crippen molar-refractivity contribution >= 4 is 9.84 Å². The average molecular weight is 375 g/mol. The second kappa shape index (κ2) is 5.98. The molecule has 0 heterocycles. The predicted octanol–water partition coefficient (Wildman–Crippen LogP) is 4.02. The summed E-state index contributed by atoms with van der Waals surface area (Å²) in [6.45, 7) is 4.74. The molecule has 1 aromatic rings. The lowest BCUT2D eigenvalue weighted by molar-refractivity contribution is -0.139. The van der Waals surface area contributed by atoms with Gasteiger partial charge in [0, 0.05) is 18.8 Å². The summed E-state index contributed by atoms with van der Waals surface area (Å²) in [7, 11) is -3.93. The van der Waals surface area contributed by atoms with Gasteiger partial charge in [0.25, 0.3) is 0 Å². The molecule has 3 atom stereocenters. The quantitative estimate of drug-likeness (QED) is 0.865. The van der Waals surface area contributed by atoms with Crippen LogP contribution in [0, 0.1) is 17.3 Å². The van der Waals surface area contributed by atoms with Crippen LogP contribution in [0.5, 0.6) is 0 Å². The number of hydrogen-bond acceptors (Lipinski definition) is 3. The Morgan fingerprint density at radius 1 is 1.24 bits per heavy atom. The van der Waals surface area contributed by atoms with Crippen molar-refractivity contribution in [3.05, 3.63) is 29.3 Å². The molecule has 0 spiro atoms. The van der Waals surface area contributed by atoms with Crippen LogP contribution >= 0.6 is 0 Å². The highest BCUT2D eigenvalue weighted by Gasteiger charge is 2.57. The minimum atomic E-state index is -4.69. The fourth-order valence-corrected chi connectivity index (χ4v) is 5.74. The molecule has 1 N–H and O–H groups in total. The third-order valence-corrected chi connectivity index (χ3v) is 7.18. The van der Waals surface area contributed by atoms with E-state index < -0.39 is 26.5 Å². The molecule has 3 nitrogen and oxygen atoms in total. The first-order chi connectivity index (χ1) is 11.4. The van der Waals surface area contributed by atoms with Gasteiger partial charge in [0.2, 0.25) is 0 Å². The van der Waals surface area contributed by atoms with Crippen molar-refractivity contribution in [2.75, 3.05) is 6.26 Å². The van der Waals surface area contributed by atoms with Gasteiger partial charge in [0.05, 0.1) is 10.5 Å². The maximum Gasteiger partial charge on any atom is 0.417 e. The van der Waals surface area contributed by atoms with E-state index >= 15 is 0 Å². The van der Waals surface area contributed by atoms with Crippen molar-refractivity contribution < 1.29 is 21.6 Å². The zero-order valence-corrected chi connectivity index (χ0v) is 15.5. The second-order valence-electron chi connectivity index (χ2n) is 7.98. The maximum absolute atomic E-state index is 13.2. The van der Waals surface area contributed by atoms with Crippen LogP contribution in [0.3, 0.4) is 0 Å². The van der Waals surface area contributed by atoms with Gasteiger partial charge in [0.1, 0.15) is 0 Å². The fourth-order valence-electron chi connectivity index (χ4n) is 4.85. The molecule has 0 radical (unpaired) electrons. The van der Waals surface area contributed by atoms with Crippen molar-refractivity contribution in [3.8, 4) is 0 Å². The number of fused-ring (bicyclic) bond motifs is 1. The molecule has 0 bridgehead atoms. The Kier molecular flexibility index (Phi) is 4.47. The second-order valence-corrected chi connectivity index (χ2v) is 9.97. The molecule has 0 aromatic heterocycles. The van der Waals surface area contributed by atoms with E-state index in [0.29, 0.717) is 30.0 Å². The Hall–Kier alpha value is -1.08. The van der Waals surface area contributed by atoms with Crippen molar-refractivity contribution in [2.24, 2.45) is 17.3 Å². The first kappa shape index (κ1) is 18.7. The predicted molar refractivity (Wildman–Crippen MR) is 89.8 cm³/mol. The number of alkyl halides is 3. The lowest BCUT2D eigenvalue weighted by Crippen LogP contribution is -2.61. The van der Waals surface area contributed by atoms with Gasteiger partial charge in [-0.25, -0.2) is 8.42 Å². The van der Waals surface area contributed by atoms with Gasteiger partial charge in [-0.05, 0) is 47.8 Å². The van der Waals surface area contributed by atoms with Gasteiger partial charge in [-0.15, -0.1) is 0 Å². The average Bonchev–Trinajstić information content (AvgIpc) is 2.92. The molecule has 2 aliphatic carbocycles. The Labute approximate surface area is 146 Å². The summed E-state index contributed by atoms with van der Waals surface area (Å²) >= 11 is 0. The molecule has 2 saturated carbocycles. The molecule has 0 amide bonds. The molecule has 7 heteroatoms. The minimum absolute atomic E-state index is 0.153. The molecular formula is C18H24F3NO2S. The van der Waals surface area contributed by atoms with E-state index in [9.17, 15) is 21.6 Å². The molecule has 3 rings (SSSR count). The normalized spacial score (nSPS) is 28.5. The third-order valence-electron chi connectivity index (χ3n) is 6.03. The number of halogens is 3. The van der Waals surface area contributed by atoms with Crippen LogP contribution in [0.1, 0.15) is 44.2 Å². The van der Waals surface area contributed by atoms with E-state index in [1.165, 1.54) is 25.3 Å². The van der Waals surface area contributed by atoms with E-state index in [-0.39, 0.29) is 5.41 Å². The van der Waals surface area contributed by atoms with E-state index in [1.54, 1.807) is 0 Å². The van der Waals surface area contributed by atoms with Crippen molar-refractivity contribution in [2.45, 2.75) is 56.8 Å². The molecule has 2 fully saturated rings. The van der Waals surface area contributed by atoms with Gasteiger partial charge in [-0.2, -0.15) is 13.2 Å². The summed E-state index contributed by atoms with van der Waals surface area (Å²) in [5.41, 5.74) is -0.473. The van der Waals surface area contributed by atoms with Crippen molar-refractivity contribution in [1.29, 1.82) is 0 Å². The Bertz CT molecular complexity index is 771. The number of sulfone groups is 1. The van der Waals surface area contributed by atoms with Crippen LogP contribution in [-0.4, -0.2) is 20.7 Å². The number of rotatable bonds is 4. The fraction of sp³-hybridized carbons (Fsp3) is 0.667. The van der Waals surface area contributed by atoms with Gasteiger partial charge in [-0.3, -0.25) is 0 Å². The molecule has 1 unspecified atom stereocenters. The Morgan fingerprint density at radius 3 is 2.52 bits per heavy atom. The Morgan fingerprint density at radius 2 is 1.92 bits per heavy atom. The van der Waals surface area contributed by atoms with E-state index in [0.717, 1.165) is 18.4 Å². The monoisotopic (exact) mass is 375 g/mol. The molecule has 1 aromatic carbocycles. The number of benzene rings is 1. The first-order valence-electron chi connectivity index (χ1n) is 8.56. The van der Waals surface area contributed by atoms with Crippen LogP contribution in [0.2, 0.25) is 0 Å². The molecule has 25 heavy (non-hydrogen) atoms. The molecule has 0 saturated heterocycles. The molecule has 0 aliphatic heterocycles. The van der Waals surface area contributed by atoms with Gasteiger partial charge in [-0.1, -0.05) is 26.3 Å². The molecule has 2 aliphatic rings. The largest absolute Gasteiger partial charge is 0.417 e. The number of hydrogen-bond donors (Lipinski definition) is 1. The molecular weight excluding hydrogens is 351 g/mol. The highest BCUT2D eigenvalue weighted by atomic mass is 32.2. The SMILES string of the molecule is CC1(C)C(NCc2ccc(S(C)(=O)=O)c(C(F)(F)F)c2)[C@@H]2CCC[C@@H]21. The van der Waals surface area contributed by atoms with Crippen molar-refractivity contribution in [3.63, 3.8) is 0 Å². The maximum atomic E-state index is 13.2. The smallest absolute Gasteiger partial charge is 0.309 e. The summed E-state index contributed by atoms with van der Waals surface area (Å²) in [5, 5.41) is 3.42. The summed E-state index contributed by atoms with van der Waals surface area (Å²) in [6.07, 6.45) is -0.269. The standard InChI is InChI=1S/C18H24F3NO2S/c1-17(2)13-6-4-5-12(13)16(17)22-10-11-7-8-15(25(3,23)24)14(9-11)18(19,20)21/h7-9,12-13,16,22H,4-6,10H2,1-3H3/t12-,13+,16?/m1/s1. The van der Waals surface area contributed by atoms with E-state index in [4.69, 9.17) is 0 Å². The molecule has 140 valence electrons. The van der Waals surface area contributed by atoms with Crippen LogP contribution < -0.4 is 5.32 Å². The van der Waals surface area contributed by atoms with Crippen LogP contribution in [0.25, 0.3) is 0 Å². The first-order valence-corrected chi connectivity index (χ1v) is 10.4. The third kappa shape index (κ3) is 3.33. The van der Waals surface area contributed by atoms with Crippen LogP contribution in [0.4, 0.5) is 13.2 Å². The van der Waals surface area contributed by atoms with E-state index in [1.807, 2.05) is 0 Å². The zero-order valence-electron chi connectivity index (χ0n) is 14.7. The lowest BCUT2D eigenvalue weighted by atomic mass is 9.53. The summed E-state index contributed by atoms with van der Waals surface area (Å²) in [6, 6.07) is 3.79. The zero-order chi connectivity index (χ0) is 18.6. The summed E-state index contributed by atoms with van der Waals surface area (Å²) in [4.78, 5) is -0.663. The Balaban J connectivity index is 1.80. The topological polar surface area (TPSA) is 46.2 Å². The van der Waals surface area contributed by atoms with Crippen LogP contribution in [-0.2, 0) is 22.6 Å². The highest BCUT2D eigenvalue weighted by Crippen LogP contribution is 2.58. The van der Waals surface area contributed by atoms with Gasteiger partial charge in [0.15, 0.2) is 9.84 Å².